The van der Waals surface area contributed by atoms with Crippen molar-refractivity contribution in [3.63, 3.8) is 0 Å². The Morgan fingerprint density at radius 2 is 1.71 bits per heavy atom. The van der Waals surface area contributed by atoms with Crippen LogP contribution in [0.3, 0.4) is 0 Å². The zero-order valence-corrected chi connectivity index (χ0v) is 15.9. The topological polar surface area (TPSA) is 77.2 Å². The molecule has 4 rings (SSSR count). The lowest BCUT2D eigenvalue weighted by molar-refractivity contribution is 0.249. The smallest absolute Gasteiger partial charge is 0.336 e. The SMILES string of the molecule is CCc1cc2c(CN3CCN(c4ccccc4O)CC3)cc(=O)oc2cc1O. The summed E-state index contributed by atoms with van der Waals surface area (Å²) in [6, 6.07) is 12.4. The highest BCUT2D eigenvalue weighted by atomic mass is 16.4. The fourth-order valence-electron chi connectivity index (χ4n) is 3.84. The number of nitrogens with zero attached hydrogens (tertiary/aromatic N) is 2. The molecule has 1 fully saturated rings. The van der Waals surface area contributed by atoms with Crippen molar-refractivity contribution in [2.75, 3.05) is 31.1 Å². The molecular formula is C22H24N2O4. The first-order valence-electron chi connectivity index (χ1n) is 9.59. The monoisotopic (exact) mass is 380 g/mol. The minimum Gasteiger partial charge on any atom is -0.508 e. The molecule has 6 heteroatoms. The number of anilines is 1. The number of para-hydroxylation sites is 2. The Hall–Kier alpha value is -2.99. The largest absolute Gasteiger partial charge is 0.508 e. The predicted octanol–water partition coefficient (Wildman–Crippen LogP) is 3.09. The van der Waals surface area contributed by atoms with Crippen LogP contribution in [0.1, 0.15) is 18.1 Å². The third-order valence-electron chi connectivity index (χ3n) is 5.40. The van der Waals surface area contributed by atoms with Crippen molar-refractivity contribution < 1.29 is 14.6 Å². The molecule has 0 bridgehead atoms. The fourth-order valence-corrected chi connectivity index (χ4v) is 3.84. The van der Waals surface area contributed by atoms with E-state index in [1.807, 2.05) is 31.2 Å². The van der Waals surface area contributed by atoms with Gasteiger partial charge in [0.05, 0.1) is 5.69 Å². The van der Waals surface area contributed by atoms with E-state index in [9.17, 15) is 15.0 Å². The Morgan fingerprint density at radius 1 is 0.964 bits per heavy atom. The number of rotatable bonds is 4. The van der Waals surface area contributed by atoms with Crippen LogP contribution in [0.5, 0.6) is 11.5 Å². The first-order valence-corrected chi connectivity index (χ1v) is 9.59. The molecule has 0 spiro atoms. The van der Waals surface area contributed by atoms with Gasteiger partial charge < -0.3 is 19.5 Å². The molecule has 2 N–H and O–H groups in total. The maximum absolute atomic E-state index is 12.0. The van der Waals surface area contributed by atoms with Crippen LogP contribution in [0.15, 0.2) is 51.7 Å². The van der Waals surface area contributed by atoms with Gasteiger partial charge in [-0.2, -0.15) is 0 Å². The van der Waals surface area contributed by atoms with Crippen LogP contribution in [0.25, 0.3) is 11.0 Å². The van der Waals surface area contributed by atoms with Gasteiger partial charge in [-0.05, 0) is 35.7 Å². The molecule has 1 aliphatic heterocycles. The lowest BCUT2D eigenvalue weighted by Gasteiger charge is -2.36. The molecule has 1 saturated heterocycles. The predicted molar refractivity (Wildman–Crippen MR) is 109 cm³/mol. The van der Waals surface area contributed by atoms with E-state index in [0.29, 0.717) is 24.3 Å². The van der Waals surface area contributed by atoms with Crippen molar-refractivity contribution in [3.8, 4) is 11.5 Å². The molecule has 146 valence electrons. The van der Waals surface area contributed by atoms with Crippen LogP contribution in [-0.4, -0.2) is 41.3 Å². The summed E-state index contributed by atoms with van der Waals surface area (Å²) in [6.45, 7) is 5.89. The zero-order chi connectivity index (χ0) is 19.7. The van der Waals surface area contributed by atoms with Crippen molar-refractivity contribution in [2.24, 2.45) is 0 Å². The highest BCUT2D eigenvalue weighted by molar-refractivity contribution is 5.82. The first-order chi connectivity index (χ1) is 13.5. The summed E-state index contributed by atoms with van der Waals surface area (Å²) in [7, 11) is 0. The number of hydrogen-bond donors (Lipinski definition) is 2. The quantitative estimate of drug-likeness (QED) is 0.678. The molecular weight excluding hydrogens is 356 g/mol. The van der Waals surface area contributed by atoms with E-state index in [-0.39, 0.29) is 5.75 Å². The van der Waals surface area contributed by atoms with E-state index in [2.05, 4.69) is 9.80 Å². The van der Waals surface area contributed by atoms with E-state index in [4.69, 9.17) is 4.42 Å². The van der Waals surface area contributed by atoms with Gasteiger partial charge in [-0.3, -0.25) is 4.90 Å². The van der Waals surface area contributed by atoms with Crippen molar-refractivity contribution >= 4 is 16.7 Å². The molecule has 3 aromatic rings. The third-order valence-corrected chi connectivity index (χ3v) is 5.40. The fraction of sp³-hybridized carbons (Fsp3) is 0.318. The van der Waals surface area contributed by atoms with Crippen LogP contribution in [0.2, 0.25) is 0 Å². The highest BCUT2D eigenvalue weighted by Gasteiger charge is 2.20. The number of phenols is 2. The Kier molecular flexibility index (Phi) is 4.96. The van der Waals surface area contributed by atoms with Crippen LogP contribution in [0, 0.1) is 0 Å². The van der Waals surface area contributed by atoms with Crippen LogP contribution < -0.4 is 10.5 Å². The summed E-state index contributed by atoms with van der Waals surface area (Å²) in [5.41, 5.74) is 2.63. The van der Waals surface area contributed by atoms with Crippen LogP contribution in [0.4, 0.5) is 5.69 Å². The Bertz CT molecular complexity index is 1050. The van der Waals surface area contributed by atoms with Gasteiger partial charge in [0.1, 0.15) is 17.1 Å². The van der Waals surface area contributed by atoms with E-state index in [1.54, 1.807) is 12.1 Å². The van der Waals surface area contributed by atoms with Gasteiger partial charge >= 0.3 is 5.63 Å². The Morgan fingerprint density at radius 3 is 2.43 bits per heavy atom. The standard InChI is InChI=1S/C22H24N2O4/c1-2-15-11-17-16(12-22(27)28-21(17)13-20(15)26)14-23-7-9-24(10-8-23)18-5-3-4-6-19(18)25/h3-6,11-13,25-26H,2,7-10,14H2,1H3. The third kappa shape index (κ3) is 3.55. The van der Waals surface area contributed by atoms with E-state index >= 15 is 0 Å². The van der Waals surface area contributed by atoms with E-state index < -0.39 is 5.63 Å². The number of piperazine rings is 1. The van der Waals surface area contributed by atoms with Gasteiger partial charge in [0.2, 0.25) is 0 Å². The van der Waals surface area contributed by atoms with Gasteiger partial charge in [-0.25, -0.2) is 4.79 Å². The molecule has 0 saturated carbocycles. The van der Waals surface area contributed by atoms with Gasteiger partial charge in [0.25, 0.3) is 0 Å². The molecule has 0 unspecified atom stereocenters. The molecule has 2 aromatic carbocycles. The maximum Gasteiger partial charge on any atom is 0.336 e. The summed E-state index contributed by atoms with van der Waals surface area (Å²) in [6.07, 6.45) is 0.708. The van der Waals surface area contributed by atoms with Crippen molar-refractivity contribution in [1.82, 2.24) is 4.90 Å². The number of benzene rings is 2. The van der Waals surface area contributed by atoms with Gasteiger partial charge in [-0.1, -0.05) is 19.1 Å². The summed E-state index contributed by atoms with van der Waals surface area (Å²) in [5, 5.41) is 21.0. The lowest BCUT2D eigenvalue weighted by Crippen LogP contribution is -2.46. The second-order valence-electron chi connectivity index (χ2n) is 7.17. The average molecular weight is 380 g/mol. The van der Waals surface area contributed by atoms with Crippen LogP contribution >= 0.6 is 0 Å². The highest BCUT2D eigenvalue weighted by Crippen LogP contribution is 2.29. The minimum absolute atomic E-state index is 0.159. The molecule has 6 nitrogen and oxygen atoms in total. The Balaban J connectivity index is 1.54. The molecule has 0 aliphatic carbocycles. The molecule has 0 amide bonds. The van der Waals surface area contributed by atoms with Gasteiger partial charge in [0, 0.05) is 50.2 Å². The second kappa shape index (κ2) is 7.56. The lowest BCUT2D eigenvalue weighted by atomic mass is 10.0. The van der Waals surface area contributed by atoms with E-state index in [0.717, 1.165) is 48.4 Å². The number of fused-ring (bicyclic) bond motifs is 1. The number of aromatic hydroxyl groups is 2. The number of hydrogen-bond acceptors (Lipinski definition) is 6. The molecule has 1 aromatic heterocycles. The molecule has 2 heterocycles. The molecule has 0 radical (unpaired) electrons. The molecule has 0 atom stereocenters. The normalized spacial score (nSPS) is 15.2. The number of aryl methyl sites for hydroxylation is 1. The van der Waals surface area contributed by atoms with Gasteiger partial charge in [-0.15, -0.1) is 0 Å². The summed E-state index contributed by atoms with van der Waals surface area (Å²) in [5.74, 6) is 0.459. The maximum atomic E-state index is 12.0. The van der Waals surface area contributed by atoms with Gasteiger partial charge in [0.15, 0.2) is 0 Å². The Labute approximate surface area is 163 Å². The molecule has 1 aliphatic rings. The summed E-state index contributed by atoms with van der Waals surface area (Å²) >= 11 is 0. The summed E-state index contributed by atoms with van der Waals surface area (Å²) in [4.78, 5) is 16.5. The zero-order valence-electron chi connectivity index (χ0n) is 15.9. The van der Waals surface area contributed by atoms with E-state index in [1.165, 1.54) is 6.07 Å². The summed E-state index contributed by atoms with van der Waals surface area (Å²) < 4.78 is 5.29. The van der Waals surface area contributed by atoms with Crippen molar-refractivity contribution in [1.29, 1.82) is 0 Å². The minimum atomic E-state index is -0.404. The van der Waals surface area contributed by atoms with Crippen molar-refractivity contribution in [2.45, 2.75) is 19.9 Å². The second-order valence-corrected chi connectivity index (χ2v) is 7.17. The average Bonchev–Trinajstić information content (AvgIpc) is 2.68. The van der Waals surface area contributed by atoms with Crippen molar-refractivity contribution in [3.05, 3.63) is 64.0 Å². The molecule has 28 heavy (non-hydrogen) atoms. The first kappa shape index (κ1) is 18.4. The van der Waals surface area contributed by atoms with Crippen LogP contribution in [-0.2, 0) is 13.0 Å². The number of phenolic OH excluding ortho intramolecular Hbond substituents is 2.